The van der Waals surface area contributed by atoms with Gasteiger partial charge in [0.05, 0.1) is 11.8 Å². The van der Waals surface area contributed by atoms with Gasteiger partial charge in [-0.15, -0.1) is 16.6 Å². The summed E-state index contributed by atoms with van der Waals surface area (Å²) in [7, 11) is 0. The molecule has 1 atom stereocenters. The van der Waals surface area contributed by atoms with Gasteiger partial charge in [-0.3, -0.25) is 4.79 Å². The van der Waals surface area contributed by atoms with Gasteiger partial charge in [-0.25, -0.2) is 4.68 Å². The van der Waals surface area contributed by atoms with Crippen LogP contribution >= 0.6 is 11.8 Å². The molecule has 0 saturated heterocycles. The predicted molar refractivity (Wildman–Crippen MR) is 107 cm³/mol. The summed E-state index contributed by atoms with van der Waals surface area (Å²) in [6, 6.07) is 7.93. The minimum atomic E-state index is -0.399. The van der Waals surface area contributed by atoms with Crippen molar-refractivity contribution in [1.82, 2.24) is 20.2 Å². The molecule has 7 nitrogen and oxygen atoms in total. The lowest BCUT2D eigenvalue weighted by Crippen LogP contribution is -2.31. The Morgan fingerprint density at radius 2 is 2.04 bits per heavy atom. The fraction of sp³-hybridized carbons (Fsp3) is 0.421. The third-order valence-corrected chi connectivity index (χ3v) is 4.90. The van der Waals surface area contributed by atoms with Crippen molar-refractivity contribution in [1.29, 1.82) is 0 Å². The standard InChI is InChI=1S/C19H25N5O2S/c1-6-11-21-17(25)13(2)27-18-23-22-16(24(18)20)12-26-15-9-7-14(8-10-15)19(3,4)5/h1,7-10,13H,11-12,20H2,2-5H3,(H,21,25). The molecular weight excluding hydrogens is 362 g/mol. The summed E-state index contributed by atoms with van der Waals surface area (Å²) in [5.74, 6) is 9.39. The third kappa shape index (κ3) is 5.66. The second-order valence-corrected chi connectivity index (χ2v) is 8.32. The van der Waals surface area contributed by atoms with Crippen LogP contribution in [-0.4, -0.2) is 32.6 Å². The molecule has 0 fully saturated rings. The number of terminal acetylenes is 1. The summed E-state index contributed by atoms with van der Waals surface area (Å²) in [6.07, 6.45) is 5.14. The molecule has 1 aromatic heterocycles. The number of nitrogens with zero attached hydrogens (tertiary/aromatic N) is 3. The van der Waals surface area contributed by atoms with E-state index in [0.717, 1.165) is 5.75 Å². The maximum Gasteiger partial charge on any atom is 0.234 e. The third-order valence-electron chi connectivity index (χ3n) is 3.84. The average Bonchev–Trinajstić information content (AvgIpc) is 2.97. The number of carbonyl (C=O) groups is 1. The Labute approximate surface area is 164 Å². The van der Waals surface area contributed by atoms with Gasteiger partial charge in [-0.05, 0) is 30.0 Å². The number of carbonyl (C=O) groups excluding carboxylic acids is 1. The number of benzene rings is 1. The predicted octanol–water partition coefficient (Wildman–Crippen LogP) is 2.10. The maximum atomic E-state index is 11.9. The van der Waals surface area contributed by atoms with Crippen molar-refractivity contribution in [2.75, 3.05) is 12.4 Å². The number of nitrogens with one attached hydrogen (secondary N) is 1. The number of rotatable bonds is 7. The molecule has 2 rings (SSSR count). The molecule has 0 radical (unpaired) electrons. The zero-order chi connectivity index (χ0) is 20.0. The van der Waals surface area contributed by atoms with E-state index in [1.54, 1.807) is 6.92 Å². The first-order chi connectivity index (χ1) is 12.7. The number of hydrogen-bond donors (Lipinski definition) is 2. The van der Waals surface area contributed by atoms with E-state index in [9.17, 15) is 4.79 Å². The summed E-state index contributed by atoms with van der Waals surface area (Å²) in [4.78, 5) is 11.9. The highest BCUT2D eigenvalue weighted by atomic mass is 32.2. The van der Waals surface area contributed by atoms with E-state index in [1.807, 2.05) is 24.3 Å². The molecule has 3 N–H and O–H groups in total. The second kappa shape index (κ2) is 8.82. The van der Waals surface area contributed by atoms with Crippen LogP contribution in [-0.2, 0) is 16.8 Å². The molecule has 0 aliphatic rings. The molecule has 0 aliphatic heterocycles. The van der Waals surface area contributed by atoms with Crippen molar-refractivity contribution >= 4 is 17.7 Å². The number of nitrogen functional groups attached to an aromatic ring is 1. The fourth-order valence-electron chi connectivity index (χ4n) is 2.18. The van der Waals surface area contributed by atoms with Gasteiger partial charge in [0.15, 0.2) is 5.82 Å². The molecule has 1 amide bonds. The Kier molecular flexibility index (Phi) is 6.75. The second-order valence-electron chi connectivity index (χ2n) is 7.01. The zero-order valence-electron chi connectivity index (χ0n) is 16.0. The van der Waals surface area contributed by atoms with E-state index >= 15 is 0 Å². The van der Waals surface area contributed by atoms with E-state index in [0.29, 0.717) is 11.0 Å². The summed E-state index contributed by atoms with van der Waals surface area (Å²) < 4.78 is 7.08. The van der Waals surface area contributed by atoms with Crippen LogP contribution < -0.4 is 15.9 Å². The number of thioether (sulfide) groups is 1. The fourth-order valence-corrected chi connectivity index (χ4v) is 2.99. The molecule has 144 valence electrons. The monoisotopic (exact) mass is 387 g/mol. The molecule has 0 spiro atoms. The highest BCUT2D eigenvalue weighted by Crippen LogP contribution is 2.25. The topological polar surface area (TPSA) is 95.1 Å². The Balaban J connectivity index is 1.95. The van der Waals surface area contributed by atoms with Crippen LogP contribution in [0.4, 0.5) is 0 Å². The molecule has 0 saturated carbocycles. The molecular formula is C19H25N5O2S. The Hall–Kier alpha value is -2.66. The molecule has 0 bridgehead atoms. The first-order valence-corrected chi connectivity index (χ1v) is 9.41. The number of aromatic nitrogens is 3. The van der Waals surface area contributed by atoms with Crippen LogP contribution in [0.3, 0.4) is 0 Å². The van der Waals surface area contributed by atoms with Gasteiger partial charge in [0, 0.05) is 0 Å². The summed E-state index contributed by atoms with van der Waals surface area (Å²) in [6.45, 7) is 8.59. The Morgan fingerprint density at radius 3 is 2.63 bits per heavy atom. The van der Waals surface area contributed by atoms with Crippen molar-refractivity contribution < 1.29 is 9.53 Å². The number of nitrogens with two attached hydrogens (primary N) is 1. The van der Waals surface area contributed by atoms with Gasteiger partial charge < -0.3 is 15.9 Å². The van der Waals surface area contributed by atoms with Crippen LogP contribution in [0.2, 0.25) is 0 Å². The maximum absolute atomic E-state index is 11.9. The average molecular weight is 388 g/mol. The lowest BCUT2D eigenvalue weighted by atomic mass is 9.87. The van der Waals surface area contributed by atoms with Gasteiger partial charge in [0.25, 0.3) is 0 Å². The highest BCUT2D eigenvalue weighted by Gasteiger charge is 2.19. The molecule has 8 heteroatoms. The Morgan fingerprint density at radius 1 is 1.37 bits per heavy atom. The SMILES string of the molecule is C#CCNC(=O)C(C)Sc1nnc(COc2ccc(C(C)(C)C)cc2)n1N. The minimum absolute atomic E-state index is 0.0886. The van der Waals surface area contributed by atoms with Gasteiger partial charge in [-0.2, -0.15) is 0 Å². The normalized spacial score (nSPS) is 12.3. The minimum Gasteiger partial charge on any atom is -0.486 e. The first-order valence-electron chi connectivity index (χ1n) is 8.53. The van der Waals surface area contributed by atoms with Gasteiger partial charge in [-0.1, -0.05) is 50.6 Å². The number of ether oxygens (including phenoxy) is 1. The Bertz CT molecular complexity index is 818. The van der Waals surface area contributed by atoms with E-state index in [-0.39, 0.29) is 24.5 Å². The molecule has 1 aromatic carbocycles. The molecule has 0 aliphatic carbocycles. The van der Waals surface area contributed by atoms with E-state index in [4.69, 9.17) is 17.0 Å². The summed E-state index contributed by atoms with van der Waals surface area (Å²) >= 11 is 1.20. The zero-order valence-corrected chi connectivity index (χ0v) is 16.8. The quantitative estimate of drug-likeness (QED) is 0.429. The summed E-state index contributed by atoms with van der Waals surface area (Å²) in [5, 5.41) is 10.7. The summed E-state index contributed by atoms with van der Waals surface area (Å²) in [5.41, 5.74) is 1.32. The van der Waals surface area contributed by atoms with Crippen LogP contribution in [0.1, 0.15) is 39.1 Å². The van der Waals surface area contributed by atoms with Crippen LogP contribution in [0.25, 0.3) is 0 Å². The lowest BCUT2D eigenvalue weighted by Gasteiger charge is -2.19. The van der Waals surface area contributed by atoms with E-state index < -0.39 is 5.25 Å². The largest absolute Gasteiger partial charge is 0.486 e. The number of amides is 1. The van der Waals surface area contributed by atoms with Crippen molar-refractivity contribution in [3.05, 3.63) is 35.7 Å². The first kappa shape index (κ1) is 20.6. The molecule has 1 heterocycles. The molecule has 2 aromatic rings. The van der Waals surface area contributed by atoms with Crippen LogP contribution in [0, 0.1) is 12.3 Å². The van der Waals surface area contributed by atoms with Gasteiger partial charge in [0.1, 0.15) is 12.4 Å². The van der Waals surface area contributed by atoms with E-state index in [1.165, 1.54) is 22.0 Å². The van der Waals surface area contributed by atoms with Gasteiger partial charge in [0.2, 0.25) is 11.1 Å². The van der Waals surface area contributed by atoms with Crippen molar-refractivity contribution in [2.24, 2.45) is 0 Å². The van der Waals surface area contributed by atoms with Crippen molar-refractivity contribution in [2.45, 2.75) is 50.1 Å². The molecule has 27 heavy (non-hydrogen) atoms. The van der Waals surface area contributed by atoms with Crippen LogP contribution in [0.5, 0.6) is 5.75 Å². The van der Waals surface area contributed by atoms with E-state index in [2.05, 4.69) is 42.2 Å². The van der Waals surface area contributed by atoms with Crippen molar-refractivity contribution in [3.63, 3.8) is 0 Å². The van der Waals surface area contributed by atoms with Crippen molar-refractivity contribution in [3.8, 4) is 18.1 Å². The molecule has 1 unspecified atom stereocenters. The smallest absolute Gasteiger partial charge is 0.234 e. The van der Waals surface area contributed by atoms with Crippen LogP contribution in [0.15, 0.2) is 29.4 Å². The van der Waals surface area contributed by atoms with Gasteiger partial charge >= 0.3 is 0 Å². The lowest BCUT2D eigenvalue weighted by molar-refractivity contribution is -0.120. The number of hydrogen-bond acceptors (Lipinski definition) is 6. The highest BCUT2D eigenvalue weighted by molar-refractivity contribution is 8.00.